The van der Waals surface area contributed by atoms with Crippen molar-refractivity contribution >= 4 is 51.8 Å². The van der Waals surface area contributed by atoms with Gasteiger partial charge in [0.2, 0.25) is 0 Å². The second-order valence-electron chi connectivity index (χ2n) is 6.32. The van der Waals surface area contributed by atoms with Crippen LogP contribution in [0, 0.1) is 0 Å². The van der Waals surface area contributed by atoms with E-state index in [0.717, 1.165) is 21.1 Å². The lowest BCUT2D eigenvalue weighted by Crippen LogP contribution is -2.21. The summed E-state index contributed by atoms with van der Waals surface area (Å²) in [6.07, 6.45) is 1.32. The van der Waals surface area contributed by atoms with Crippen LogP contribution in [0.25, 0.3) is 5.69 Å². The lowest BCUT2D eigenvalue weighted by molar-refractivity contribution is 0.799. The molecule has 9 heteroatoms. The van der Waals surface area contributed by atoms with Crippen LogP contribution in [0.3, 0.4) is 0 Å². The topological polar surface area (TPSA) is 59.8 Å². The molecule has 0 saturated carbocycles. The Morgan fingerprint density at radius 1 is 1.15 bits per heavy atom. The van der Waals surface area contributed by atoms with E-state index in [4.69, 9.17) is 34.8 Å². The Balaban J connectivity index is 1.84. The Bertz CT molecular complexity index is 1030. The highest BCUT2D eigenvalue weighted by molar-refractivity contribution is 7.09. The number of halogens is 3. The Kier molecular flexibility index (Phi) is 6.11. The van der Waals surface area contributed by atoms with Gasteiger partial charge in [0, 0.05) is 11.3 Å². The molecule has 0 bridgehead atoms. The molecule has 0 saturated heterocycles. The fourth-order valence-electron chi connectivity index (χ4n) is 2.42. The van der Waals surface area contributed by atoms with Gasteiger partial charge in [-0.05, 0) is 25.1 Å². The van der Waals surface area contributed by atoms with E-state index in [1.165, 1.54) is 6.20 Å². The summed E-state index contributed by atoms with van der Waals surface area (Å²) in [5.41, 5.74) is 1.70. The Morgan fingerprint density at radius 2 is 1.89 bits per heavy atom. The van der Waals surface area contributed by atoms with Crippen molar-refractivity contribution in [3.63, 3.8) is 0 Å². The maximum atomic E-state index is 12.2. The molecule has 1 unspecified atom stereocenters. The van der Waals surface area contributed by atoms with E-state index < -0.39 is 5.56 Å². The van der Waals surface area contributed by atoms with Crippen LogP contribution in [0.15, 0.2) is 34.6 Å². The third-order valence-corrected chi connectivity index (χ3v) is 6.15. The minimum atomic E-state index is -0.502. The van der Waals surface area contributed by atoms with Crippen molar-refractivity contribution in [3.8, 4) is 5.69 Å². The van der Waals surface area contributed by atoms with E-state index in [9.17, 15) is 4.79 Å². The van der Waals surface area contributed by atoms with Crippen LogP contribution in [0.2, 0.25) is 15.1 Å². The smallest absolute Gasteiger partial charge is 0.291 e. The van der Waals surface area contributed by atoms with Crippen molar-refractivity contribution in [1.82, 2.24) is 14.8 Å². The molecule has 0 radical (unpaired) electrons. The van der Waals surface area contributed by atoms with Crippen LogP contribution in [0.4, 0.5) is 5.69 Å². The maximum Gasteiger partial charge on any atom is 0.291 e. The number of hydrogen-bond acceptors (Lipinski definition) is 5. The zero-order chi connectivity index (χ0) is 19.7. The van der Waals surface area contributed by atoms with Gasteiger partial charge in [-0.25, -0.2) is 4.98 Å². The van der Waals surface area contributed by atoms with Gasteiger partial charge < -0.3 is 5.32 Å². The van der Waals surface area contributed by atoms with Crippen LogP contribution in [0.1, 0.15) is 43.4 Å². The minimum Gasteiger partial charge on any atom is -0.376 e. The van der Waals surface area contributed by atoms with E-state index in [1.807, 2.05) is 6.92 Å². The predicted molar refractivity (Wildman–Crippen MR) is 113 cm³/mol. The summed E-state index contributed by atoms with van der Waals surface area (Å²) < 4.78 is 1.16. The van der Waals surface area contributed by atoms with Crippen molar-refractivity contribution in [3.05, 3.63) is 65.9 Å². The summed E-state index contributed by atoms with van der Waals surface area (Å²) in [6.45, 7) is 6.26. The molecule has 3 aromatic rings. The molecule has 0 amide bonds. The van der Waals surface area contributed by atoms with Crippen LogP contribution in [-0.4, -0.2) is 14.8 Å². The number of aromatic nitrogens is 3. The molecule has 3 rings (SSSR count). The zero-order valence-corrected chi connectivity index (χ0v) is 17.9. The van der Waals surface area contributed by atoms with Gasteiger partial charge in [-0.2, -0.15) is 9.78 Å². The van der Waals surface area contributed by atoms with Crippen molar-refractivity contribution < 1.29 is 0 Å². The number of hydrogen-bond donors (Lipinski definition) is 1. The first-order valence-electron chi connectivity index (χ1n) is 8.23. The second-order valence-corrected chi connectivity index (χ2v) is 8.40. The standard InChI is InChI=1S/C18H17Cl3N4OS/c1-9(2)17-24-15(8-27-17)10(3)23-14-5-4-11(6-12(14)19)25-18(26)16(21)13(20)7-22-25/h4-10,23H,1-3H3. The van der Waals surface area contributed by atoms with E-state index in [2.05, 4.69) is 34.6 Å². The van der Waals surface area contributed by atoms with Crippen molar-refractivity contribution in [2.75, 3.05) is 5.32 Å². The van der Waals surface area contributed by atoms with E-state index in [0.29, 0.717) is 16.6 Å². The molecule has 1 atom stereocenters. The molecule has 2 aromatic heterocycles. The number of nitrogens with one attached hydrogen (secondary N) is 1. The molecule has 5 nitrogen and oxygen atoms in total. The maximum absolute atomic E-state index is 12.2. The predicted octanol–water partition coefficient (Wildman–Crippen LogP) is 5.95. The molecule has 142 valence electrons. The number of nitrogens with zero attached hydrogens (tertiary/aromatic N) is 3. The third-order valence-electron chi connectivity index (χ3n) is 3.92. The second kappa shape index (κ2) is 8.19. The van der Waals surface area contributed by atoms with Crippen LogP contribution in [-0.2, 0) is 0 Å². The molecule has 0 aliphatic rings. The van der Waals surface area contributed by atoms with E-state index in [-0.39, 0.29) is 16.1 Å². The van der Waals surface area contributed by atoms with Gasteiger partial charge in [-0.1, -0.05) is 48.7 Å². The minimum absolute atomic E-state index is 0.0112. The van der Waals surface area contributed by atoms with Crippen LogP contribution in [0.5, 0.6) is 0 Å². The van der Waals surface area contributed by atoms with Crippen molar-refractivity contribution in [1.29, 1.82) is 0 Å². The molecule has 0 spiro atoms. The number of rotatable bonds is 5. The Morgan fingerprint density at radius 3 is 2.52 bits per heavy atom. The first-order chi connectivity index (χ1) is 12.8. The largest absolute Gasteiger partial charge is 0.376 e. The summed E-state index contributed by atoms with van der Waals surface area (Å²) in [5.74, 6) is 0.399. The number of thiazole rings is 1. The zero-order valence-electron chi connectivity index (χ0n) is 14.8. The van der Waals surface area contributed by atoms with Crippen molar-refractivity contribution in [2.45, 2.75) is 32.7 Å². The van der Waals surface area contributed by atoms with Gasteiger partial charge >= 0.3 is 0 Å². The van der Waals surface area contributed by atoms with Gasteiger partial charge in [0.15, 0.2) is 0 Å². The van der Waals surface area contributed by atoms with Gasteiger partial charge in [-0.3, -0.25) is 4.79 Å². The Hall–Kier alpha value is -1.60. The summed E-state index contributed by atoms with van der Waals surface area (Å²) in [5, 5.41) is 11.0. The van der Waals surface area contributed by atoms with Gasteiger partial charge in [0.1, 0.15) is 5.02 Å². The summed E-state index contributed by atoms with van der Waals surface area (Å²) in [6, 6.07) is 5.17. The molecular formula is C18H17Cl3N4OS. The van der Waals surface area contributed by atoms with Crippen LogP contribution >= 0.6 is 46.1 Å². The molecule has 1 aromatic carbocycles. The highest BCUT2D eigenvalue weighted by atomic mass is 35.5. The average molecular weight is 444 g/mol. The molecule has 1 N–H and O–H groups in total. The van der Waals surface area contributed by atoms with Gasteiger partial charge in [0.05, 0.1) is 44.4 Å². The quantitative estimate of drug-likeness (QED) is 0.529. The monoisotopic (exact) mass is 442 g/mol. The third kappa shape index (κ3) is 4.29. The summed E-state index contributed by atoms with van der Waals surface area (Å²) in [7, 11) is 0. The molecule has 27 heavy (non-hydrogen) atoms. The van der Waals surface area contributed by atoms with Crippen molar-refractivity contribution in [2.24, 2.45) is 0 Å². The highest BCUT2D eigenvalue weighted by Crippen LogP contribution is 2.30. The lowest BCUT2D eigenvalue weighted by atomic mass is 10.2. The van der Waals surface area contributed by atoms with Crippen LogP contribution < -0.4 is 10.9 Å². The van der Waals surface area contributed by atoms with E-state index >= 15 is 0 Å². The summed E-state index contributed by atoms with van der Waals surface area (Å²) >= 11 is 19.8. The molecule has 2 heterocycles. The molecular weight excluding hydrogens is 427 g/mol. The Labute approximate surface area is 175 Å². The molecule has 0 aliphatic carbocycles. The molecule has 0 aliphatic heterocycles. The fourth-order valence-corrected chi connectivity index (χ4v) is 3.83. The first-order valence-corrected chi connectivity index (χ1v) is 10.2. The fraction of sp³-hybridized carbons (Fsp3) is 0.278. The van der Waals surface area contributed by atoms with Gasteiger partial charge in [0.25, 0.3) is 5.56 Å². The van der Waals surface area contributed by atoms with Gasteiger partial charge in [-0.15, -0.1) is 11.3 Å². The number of anilines is 1. The normalized spacial score (nSPS) is 12.4. The lowest BCUT2D eigenvalue weighted by Gasteiger charge is -2.15. The van der Waals surface area contributed by atoms with E-state index in [1.54, 1.807) is 29.5 Å². The summed E-state index contributed by atoms with van der Waals surface area (Å²) in [4.78, 5) is 16.9. The highest BCUT2D eigenvalue weighted by Gasteiger charge is 2.15. The average Bonchev–Trinajstić information content (AvgIpc) is 3.12. The first kappa shape index (κ1) is 20.1. The number of benzene rings is 1. The SMILES string of the molecule is CC(C)c1nc(C(C)Nc2ccc(-n3ncc(Cl)c(Cl)c3=O)cc2Cl)cs1. The molecule has 0 fully saturated rings.